The molecule has 1 aliphatic rings. The highest BCUT2D eigenvalue weighted by Gasteiger charge is 1.94. The Balaban J connectivity index is 0.000000222. The molecule has 0 bridgehead atoms. The molecular formula is C7H14O. The third kappa shape index (κ3) is 2.67. The van der Waals surface area contributed by atoms with Crippen molar-refractivity contribution < 1.29 is 4.74 Å². The summed E-state index contributed by atoms with van der Waals surface area (Å²) in [6.07, 6.45) is 3.20. The molecule has 0 aromatic rings. The molecule has 0 aromatic heterocycles. The lowest BCUT2D eigenvalue weighted by Crippen LogP contribution is -1.76. The van der Waals surface area contributed by atoms with E-state index in [0.29, 0.717) is 0 Å². The van der Waals surface area contributed by atoms with Gasteiger partial charge in [0, 0.05) is 6.42 Å². The van der Waals surface area contributed by atoms with Gasteiger partial charge in [-0.25, -0.2) is 0 Å². The summed E-state index contributed by atoms with van der Waals surface area (Å²) in [6, 6.07) is 0. The van der Waals surface area contributed by atoms with Crippen LogP contribution >= 0.6 is 0 Å². The van der Waals surface area contributed by atoms with Crippen LogP contribution in [0.3, 0.4) is 0 Å². The predicted octanol–water partition coefficient (Wildman–Crippen LogP) is 2.34. The summed E-state index contributed by atoms with van der Waals surface area (Å²) in [5.41, 5.74) is 0. The Morgan fingerprint density at radius 1 is 1.50 bits per heavy atom. The number of hydrogen-bond donors (Lipinski definition) is 0. The number of ether oxygens (including phenoxy) is 1. The molecule has 0 N–H and O–H groups in total. The highest BCUT2D eigenvalue weighted by atomic mass is 16.5. The van der Waals surface area contributed by atoms with Crippen molar-refractivity contribution in [3.63, 3.8) is 0 Å². The maximum Gasteiger partial charge on any atom is 0.0912 e. The van der Waals surface area contributed by atoms with Crippen LogP contribution in [0.5, 0.6) is 0 Å². The van der Waals surface area contributed by atoms with E-state index < -0.39 is 0 Å². The van der Waals surface area contributed by atoms with E-state index in [1.54, 1.807) is 0 Å². The van der Waals surface area contributed by atoms with Crippen molar-refractivity contribution in [1.82, 2.24) is 0 Å². The molecule has 1 nitrogen and oxygen atoms in total. The fraction of sp³-hybridized carbons (Fsp3) is 0.714. The fourth-order valence-corrected chi connectivity index (χ4v) is 0.541. The zero-order valence-electron chi connectivity index (χ0n) is 5.90. The Hall–Kier alpha value is -0.460. The van der Waals surface area contributed by atoms with E-state index in [2.05, 4.69) is 6.08 Å². The lowest BCUT2D eigenvalue weighted by Gasteiger charge is -1.89. The minimum atomic E-state index is 0.895. The van der Waals surface area contributed by atoms with Crippen LogP contribution < -0.4 is 0 Å². The summed E-state index contributed by atoms with van der Waals surface area (Å²) in [4.78, 5) is 0. The van der Waals surface area contributed by atoms with Crippen molar-refractivity contribution >= 4 is 0 Å². The van der Waals surface area contributed by atoms with Crippen LogP contribution in [0.2, 0.25) is 0 Å². The van der Waals surface area contributed by atoms with Gasteiger partial charge in [0.15, 0.2) is 0 Å². The molecule has 0 saturated carbocycles. The Labute approximate surface area is 51.4 Å². The topological polar surface area (TPSA) is 9.23 Å². The van der Waals surface area contributed by atoms with Crippen LogP contribution in [0.25, 0.3) is 0 Å². The maximum absolute atomic E-state index is 5.01. The summed E-state index contributed by atoms with van der Waals surface area (Å²) < 4.78 is 5.01. The van der Waals surface area contributed by atoms with Gasteiger partial charge >= 0.3 is 0 Å². The smallest absolute Gasteiger partial charge is 0.0912 e. The van der Waals surface area contributed by atoms with E-state index in [9.17, 15) is 0 Å². The van der Waals surface area contributed by atoms with Crippen molar-refractivity contribution in [2.75, 3.05) is 6.61 Å². The number of allylic oxidation sites excluding steroid dienone is 1. The monoisotopic (exact) mass is 114 g/mol. The minimum Gasteiger partial charge on any atom is -0.498 e. The van der Waals surface area contributed by atoms with Crippen molar-refractivity contribution in [2.45, 2.75) is 27.2 Å². The number of hydrogen-bond acceptors (Lipinski definition) is 1. The van der Waals surface area contributed by atoms with Crippen molar-refractivity contribution in [3.05, 3.63) is 11.8 Å². The number of rotatable bonds is 0. The highest BCUT2D eigenvalue weighted by molar-refractivity contribution is 4.92. The molecule has 8 heavy (non-hydrogen) atoms. The molecule has 0 radical (unpaired) electrons. The van der Waals surface area contributed by atoms with Gasteiger partial charge in [-0.1, -0.05) is 13.8 Å². The molecule has 0 unspecified atom stereocenters. The molecule has 1 heteroatoms. The van der Waals surface area contributed by atoms with Crippen molar-refractivity contribution in [2.24, 2.45) is 0 Å². The molecule has 1 heterocycles. The molecule has 0 spiro atoms. The van der Waals surface area contributed by atoms with Crippen LogP contribution in [0, 0.1) is 0 Å². The maximum atomic E-state index is 5.01. The SMILES string of the molecule is CC.CC1=CCCO1. The average molecular weight is 114 g/mol. The van der Waals surface area contributed by atoms with Gasteiger partial charge in [0.05, 0.1) is 12.4 Å². The van der Waals surface area contributed by atoms with Gasteiger partial charge in [-0.05, 0) is 13.0 Å². The molecule has 0 amide bonds. The van der Waals surface area contributed by atoms with Gasteiger partial charge in [-0.3, -0.25) is 0 Å². The summed E-state index contributed by atoms with van der Waals surface area (Å²) in [5.74, 6) is 1.08. The van der Waals surface area contributed by atoms with Crippen LogP contribution in [-0.2, 0) is 4.74 Å². The lowest BCUT2D eigenvalue weighted by molar-refractivity contribution is 0.247. The zero-order valence-corrected chi connectivity index (χ0v) is 5.90. The predicted molar refractivity (Wildman–Crippen MR) is 35.7 cm³/mol. The largest absolute Gasteiger partial charge is 0.498 e. The Morgan fingerprint density at radius 2 is 2.12 bits per heavy atom. The Morgan fingerprint density at radius 3 is 2.25 bits per heavy atom. The summed E-state index contributed by atoms with van der Waals surface area (Å²) in [5, 5.41) is 0. The molecule has 48 valence electrons. The first-order valence-electron chi connectivity index (χ1n) is 3.19. The first-order valence-corrected chi connectivity index (χ1v) is 3.19. The van der Waals surface area contributed by atoms with Gasteiger partial charge in [0.1, 0.15) is 0 Å². The third-order valence-corrected chi connectivity index (χ3v) is 0.879. The van der Waals surface area contributed by atoms with Gasteiger partial charge in [0.25, 0.3) is 0 Å². The summed E-state index contributed by atoms with van der Waals surface area (Å²) in [6.45, 7) is 6.87. The van der Waals surface area contributed by atoms with Crippen LogP contribution in [0.4, 0.5) is 0 Å². The molecule has 1 rings (SSSR count). The van der Waals surface area contributed by atoms with Crippen LogP contribution in [-0.4, -0.2) is 6.61 Å². The minimum absolute atomic E-state index is 0.895. The lowest BCUT2D eigenvalue weighted by atomic mass is 10.4. The Bertz CT molecular complexity index is 74.5. The van der Waals surface area contributed by atoms with E-state index in [0.717, 1.165) is 18.8 Å². The van der Waals surface area contributed by atoms with Gasteiger partial charge in [0.2, 0.25) is 0 Å². The Kier molecular flexibility index (Phi) is 4.42. The second kappa shape index (κ2) is 4.69. The third-order valence-electron chi connectivity index (χ3n) is 0.879. The molecule has 0 saturated heterocycles. The van der Waals surface area contributed by atoms with E-state index >= 15 is 0 Å². The fourth-order valence-electron chi connectivity index (χ4n) is 0.541. The van der Waals surface area contributed by atoms with Gasteiger partial charge in [-0.2, -0.15) is 0 Å². The quantitative estimate of drug-likeness (QED) is 0.469. The van der Waals surface area contributed by atoms with E-state index in [1.807, 2.05) is 20.8 Å². The van der Waals surface area contributed by atoms with Gasteiger partial charge < -0.3 is 4.74 Å². The van der Waals surface area contributed by atoms with E-state index in [4.69, 9.17) is 4.74 Å². The van der Waals surface area contributed by atoms with Crippen molar-refractivity contribution in [3.8, 4) is 0 Å². The van der Waals surface area contributed by atoms with Crippen molar-refractivity contribution in [1.29, 1.82) is 0 Å². The molecule has 0 aliphatic carbocycles. The highest BCUT2D eigenvalue weighted by Crippen LogP contribution is 2.05. The standard InChI is InChI=1S/C5H8O.C2H6/c1-5-3-2-4-6-5;1-2/h3H,2,4H2,1H3;1-2H3. The van der Waals surface area contributed by atoms with Crippen LogP contribution in [0.15, 0.2) is 11.8 Å². The molecule has 0 aromatic carbocycles. The molecular weight excluding hydrogens is 100 g/mol. The second-order valence-corrected chi connectivity index (χ2v) is 1.45. The summed E-state index contributed by atoms with van der Waals surface area (Å²) >= 11 is 0. The first-order chi connectivity index (χ1) is 3.89. The molecule has 0 fully saturated rings. The average Bonchev–Trinajstić information content (AvgIpc) is 2.24. The second-order valence-electron chi connectivity index (χ2n) is 1.45. The van der Waals surface area contributed by atoms with E-state index in [1.165, 1.54) is 0 Å². The van der Waals surface area contributed by atoms with Crippen LogP contribution in [0.1, 0.15) is 27.2 Å². The first kappa shape index (κ1) is 7.54. The normalized spacial score (nSPS) is 15.6. The molecule has 0 atom stereocenters. The van der Waals surface area contributed by atoms with Gasteiger partial charge in [-0.15, -0.1) is 0 Å². The zero-order chi connectivity index (χ0) is 6.41. The summed E-state index contributed by atoms with van der Waals surface area (Å²) in [7, 11) is 0. The molecule has 1 aliphatic heterocycles. The van der Waals surface area contributed by atoms with E-state index in [-0.39, 0.29) is 0 Å².